The summed E-state index contributed by atoms with van der Waals surface area (Å²) in [6, 6.07) is 10.9. The molecule has 3 rings (SSSR count). The molecule has 0 spiro atoms. The smallest absolute Gasteiger partial charge is 0.348 e. The van der Waals surface area contributed by atoms with Crippen LogP contribution in [0.5, 0.6) is 0 Å². The van der Waals surface area contributed by atoms with Crippen molar-refractivity contribution in [2.45, 2.75) is 13.0 Å². The molecule has 6 nitrogen and oxygen atoms in total. The Hall–Kier alpha value is -1.78. The molecule has 0 saturated carbocycles. The number of esters is 1. The van der Waals surface area contributed by atoms with Crippen molar-refractivity contribution in [3.8, 4) is 10.6 Å². The number of halogens is 1. The number of carbonyl (C=O) groups excluding carboxylic acids is 1. The lowest BCUT2D eigenvalue weighted by molar-refractivity contribution is 0.0474. The highest BCUT2D eigenvalue weighted by atomic mass is 35.5. The summed E-state index contributed by atoms with van der Waals surface area (Å²) in [5.74, 6) is -0.423. The van der Waals surface area contributed by atoms with Crippen molar-refractivity contribution in [3.63, 3.8) is 0 Å². The molecule has 0 atom stereocenters. The Morgan fingerprint density at radius 3 is 2.68 bits per heavy atom. The lowest BCUT2D eigenvalue weighted by atomic mass is 10.2. The Bertz CT molecular complexity index is 1060. The minimum atomic E-state index is -3.21. The van der Waals surface area contributed by atoms with Gasteiger partial charge in [0.15, 0.2) is 0 Å². The zero-order valence-corrected chi connectivity index (χ0v) is 18.1. The van der Waals surface area contributed by atoms with E-state index < -0.39 is 16.0 Å². The number of rotatable bonds is 8. The molecule has 0 radical (unpaired) electrons. The SMILES string of the molecule is CS(=O)(=O)NCCc1ccc(C(=O)OCc2csc(-c3ccc(Cl)cc3)n2)s1. The van der Waals surface area contributed by atoms with Crippen LogP contribution in [0.1, 0.15) is 20.2 Å². The van der Waals surface area contributed by atoms with Crippen LogP contribution in [0.4, 0.5) is 0 Å². The van der Waals surface area contributed by atoms with Crippen LogP contribution in [-0.2, 0) is 27.8 Å². The highest BCUT2D eigenvalue weighted by Gasteiger charge is 2.13. The maximum absolute atomic E-state index is 12.2. The van der Waals surface area contributed by atoms with E-state index in [2.05, 4.69) is 9.71 Å². The molecule has 0 unspecified atom stereocenters. The maximum Gasteiger partial charge on any atom is 0.348 e. The third kappa shape index (κ3) is 6.11. The molecule has 0 amide bonds. The molecule has 0 bridgehead atoms. The molecule has 0 aliphatic heterocycles. The second-order valence-corrected chi connectivity index (χ2v) is 10.2. The average molecular weight is 457 g/mol. The fourth-order valence-corrected chi connectivity index (χ4v) is 4.60. The summed E-state index contributed by atoms with van der Waals surface area (Å²) < 4.78 is 29.9. The molecule has 0 saturated heterocycles. The fourth-order valence-electron chi connectivity index (χ4n) is 2.29. The Balaban J connectivity index is 1.52. The molecule has 1 aromatic carbocycles. The first-order chi connectivity index (χ1) is 13.3. The topological polar surface area (TPSA) is 85.4 Å². The lowest BCUT2D eigenvalue weighted by Crippen LogP contribution is -2.23. The number of sulfonamides is 1. The van der Waals surface area contributed by atoms with Gasteiger partial charge in [0.1, 0.15) is 16.5 Å². The fraction of sp³-hybridized carbons (Fsp3) is 0.222. The Morgan fingerprint density at radius 2 is 1.96 bits per heavy atom. The van der Waals surface area contributed by atoms with E-state index in [0.717, 1.165) is 21.7 Å². The van der Waals surface area contributed by atoms with Crippen LogP contribution >= 0.6 is 34.3 Å². The number of nitrogens with zero attached hydrogens (tertiary/aromatic N) is 1. The highest BCUT2D eigenvalue weighted by molar-refractivity contribution is 7.88. The van der Waals surface area contributed by atoms with Gasteiger partial charge in [-0.05, 0) is 30.7 Å². The lowest BCUT2D eigenvalue weighted by Gasteiger charge is -2.01. The second-order valence-electron chi connectivity index (χ2n) is 5.91. The van der Waals surface area contributed by atoms with E-state index in [1.54, 1.807) is 24.3 Å². The first-order valence-corrected chi connectivity index (χ1v) is 12.2. The first kappa shape index (κ1) is 20.9. The molecule has 2 heterocycles. The normalized spacial score (nSPS) is 11.5. The van der Waals surface area contributed by atoms with E-state index >= 15 is 0 Å². The van der Waals surface area contributed by atoms with Crippen LogP contribution < -0.4 is 4.72 Å². The molecule has 0 aliphatic rings. The van der Waals surface area contributed by atoms with Crippen molar-refractivity contribution in [1.29, 1.82) is 0 Å². The first-order valence-electron chi connectivity index (χ1n) is 8.21. The number of nitrogens with one attached hydrogen (secondary N) is 1. The molecule has 2 aromatic heterocycles. The van der Waals surface area contributed by atoms with Crippen LogP contribution in [0, 0.1) is 0 Å². The monoisotopic (exact) mass is 456 g/mol. The van der Waals surface area contributed by atoms with Crippen molar-refractivity contribution >= 4 is 50.3 Å². The third-order valence-corrected chi connectivity index (χ3v) is 6.64. The van der Waals surface area contributed by atoms with Crippen LogP contribution in [-0.4, -0.2) is 32.2 Å². The van der Waals surface area contributed by atoms with Gasteiger partial charge < -0.3 is 4.74 Å². The summed E-state index contributed by atoms with van der Waals surface area (Å²) in [5, 5.41) is 3.35. The minimum absolute atomic E-state index is 0.0891. The standard InChI is InChI=1S/C18H17ClN2O4S3/c1-28(23,24)20-9-8-15-6-7-16(27-15)18(22)25-10-14-11-26-17(21-14)12-2-4-13(19)5-3-12/h2-7,11,20H,8-10H2,1H3. The van der Waals surface area contributed by atoms with E-state index in [1.165, 1.54) is 22.7 Å². The van der Waals surface area contributed by atoms with Crippen LogP contribution in [0.25, 0.3) is 10.6 Å². The van der Waals surface area contributed by atoms with Gasteiger partial charge in [0.2, 0.25) is 10.0 Å². The molecule has 148 valence electrons. The number of carbonyl (C=O) groups is 1. The average Bonchev–Trinajstić information content (AvgIpc) is 3.29. The molecule has 10 heteroatoms. The van der Waals surface area contributed by atoms with Gasteiger partial charge in [-0.2, -0.15) is 0 Å². The summed E-state index contributed by atoms with van der Waals surface area (Å²) in [4.78, 5) is 18.1. The number of hydrogen-bond donors (Lipinski definition) is 1. The molecule has 1 N–H and O–H groups in total. The van der Waals surface area contributed by atoms with Gasteiger partial charge in [-0.3, -0.25) is 0 Å². The molecule has 0 fully saturated rings. The summed E-state index contributed by atoms with van der Waals surface area (Å²) in [6.45, 7) is 0.381. The number of ether oxygens (including phenoxy) is 1. The number of thiophene rings is 1. The Morgan fingerprint density at radius 1 is 1.21 bits per heavy atom. The van der Waals surface area contributed by atoms with Gasteiger partial charge in [-0.25, -0.2) is 22.9 Å². The van der Waals surface area contributed by atoms with Gasteiger partial charge in [0.25, 0.3) is 0 Å². The maximum atomic E-state index is 12.2. The zero-order chi connectivity index (χ0) is 20.1. The number of benzene rings is 1. The predicted molar refractivity (Wildman–Crippen MR) is 113 cm³/mol. The number of hydrogen-bond acceptors (Lipinski definition) is 7. The van der Waals surface area contributed by atoms with Crippen molar-refractivity contribution < 1.29 is 17.9 Å². The van der Waals surface area contributed by atoms with Gasteiger partial charge in [0, 0.05) is 27.4 Å². The van der Waals surface area contributed by atoms with Crippen molar-refractivity contribution in [2.24, 2.45) is 0 Å². The van der Waals surface area contributed by atoms with Crippen molar-refractivity contribution in [1.82, 2.24) is 9.71 Å². The number of aromatic nitrogens is 1. The Kier molecular flexibility index (Phi) is 6.84. The second kappa shape index (κ2) is 9.15. The van der Waals surface area contributed by atoms with Crippen LogP contribution in [0.15, 0.2) is 41.8 Å². The Labute approximate surface area is 176 Å². The third-order valence-electron chi connectivity index (χ3n) is 3.59. The summed E-state index contributed by atoms with van der Waals surface area (Å²) in [5.41, 5.74) is 1.63. The van der Waals surface area contributed by atoms with Gasteiger partial charge in [0.05, 0.1) is 11.9 Å². The largest absolute Gasteiger partial charge is 0.455 e. The van der Waals surface area contributed by atoms with Crippen molar-refractivity contribution in [3.05, 3.63) is 62.2 Å². The zero-order valence-electron chi connectivity index (χ0n) is 14.8. The van der Waals surface area contributed by atoms with Crippen molar-refractivity contribution in [2.75, 3.05) is 12.8 Å². The van der Waals surface area contributed by atoms with Gasteiger partial charge >= 0.3 is 5.97 Å². The minimum Gasteiger partial charge on any atom is -0.455 e. The number of thiazole rings is 1. The van der Waals surface area contributed by atoms with E-state index in [4.69, 9.17) is 16.3 Å². The molecule has 3 aromatic rings. The van der Waals surface area contributed by atoms with E-state index in [0.29, 0.717) is 28.6 Å². The quantitative estimate of drug-likeness (QED) is 0.518. The van der Waals surface area contributed by atoms with E-state index in [9.17, 15) is 13.2 Å². The summed E-state index contributed by atoms with van der Waals surface area (Å²) in [7, 11) is -3.21. The molecule has 28 heavy (non-hydrogen) atoms. The van der Waals surface area contributed by atoms with Crippen LogP contribution in [0.2, 0.25) is 5.02 Å². The molecular formula is C18H17ClN2O4S3. The molecule has 0 aliphatic carbocycles. The van der Waals surface area contributed by atoms with E-state index in [1.807, 2.05) is 17.5 Å². The highest BCUT2D eigenvalue weighted by Crippen LogP contribution is 2.25. The molecular weight excluding hydrogens is 440 g/mol. The summed E-state index contributed by atoms with van der Waals surface area (Å²) >= 11 is 8.66. The summed E-state index contributed by atoms with van der Waals surface area (Å²) in [6.07, 6.45) is 1.63. The van der Waals surface area contributed by atoms with Gasteiger partial charge in [-0.15, -0.1) is 22.7 Å². The predicted octanol–water partition coefficient (Wildman–Crippen LogP) is 3.97. The van der Waals surface area contributed by atoms with E-state index in [-0.39, 0.29) is 6.61 Å². The van der Waals surface area contributed by atoms with Crippen LogP contribution in [0.3, 0.4) is 0 Å². The van der Waals surface area contributed by atoms with Gasteiger partial charge in [-0.1, -0.05) is 23.7 Å².